The molecule has 4 nitrogen and oxygen atoms in total. The summed E-state index contributed by atoms with van der Waals surface area (Å²) in [6.07, 6.45) is 0.910. The molecule has 7 heteroatoms. The Morgan fingerprint density at radius 1 is 1.33 bits per heavy atom. The topological polar surface area (TPSA) is 56.0 Å². The highest BCUT2D eigenvalue weighted by Gasteiger charge is 2.44. The molecule has 2 aromatic carbocycles. The number of rotatable bonds is 3. The molecule has 0 atom stereocenters. The van der Waals surface area contributed by atoms with E-state index in [2.05, 4.69) is 24.0 Å². The molecular formula is C14H10Cl2N2O2S. The first-order chi connectivity index (χ1) is 9.93. The Morgan fingerprint density at radius 3 is 2.71 bits per heavy atom. The van der Waals surface area contributed by atoms with Crippen molar-refractivity contribution >= 4 is 55.5 Å². The Hall–Kier alpha value is -1.43. The van der Waals surface area contributed by atoms with Gasteiger partial charge in [-0.2, -0.15) is 0 Å². The number of hydrogen-bond donors (Lipinski definition) is 0. The quantitative estimate of drug-likeness (QED) is 0.295. The normalized spacial score (nSPS) is 12.1. The van der Waals surface area contributed by atoms with E-state index in [0.29, 0.717) is 5.52 Å². The molecule has 0 fully saturated rings. The highest BCUT2D eigenvalue weighted by atomic mass is 35.5. The van der Waals surface area contributed by atoms with E-state index in [4.69, 9.17) is 23.2 Å². The highest BCUT2D eigenvalue weighted by Crippen LogP contribution is 2.40. The molecule has 0 saturated carbocycles. The number of aromatic nitrogens is 1. The first-order valence-electron chi connectivity index (χ1n) is 6.28. The van der Waals surface area contributed by atoms with E-state index < -0.39 is 9.38 Å². The first-order valence-corrected chi connectivity index (χ1v) is 7.85. The first kappa shape index (κ1) is 14.5. The summed E-state index contributed by atoms with van der Waals surface area (Å²) < 4.78 is -1.38. The van der Waals surface area contributed by atoms with Crippen molar-refractivity contribution < 1.29 is 4.92 Å². The van der Waals surface area contributed by atoms with E-state index in [1.807, 2.05) is 18.2 Å². The van der Waals surface area contributed by atoms with Gasteiger partial charge in [0.1, 0.15) is 0 Å². The maximum absolute atomic E-state index is 11.0. The zero-order chi connectivity index (χ0) is 15.2. The van der Waals surface area contributed by atoms with Crippen molar-refractivity contribution in [2.24, 2.45) is 0 Å². The fourth-order valence-electron chi connectivity index (χ4n) is 2.18. The Bertz CT molecular complexity index is 861. The van der Waals surface area contributed by atoms with Crippen LogP contribution in [0.25, 0.3) is 21.0 Å². The maximum Gasteiger partial charge on any atom is 0.422 e. The Balaban J connectivity index is 2.30. The number of halogens is 2. The number of benzene rings is 2. The summed E-state index contributed by atoms with van der Waals surface area (Å²) in [6, 6.07) is 9.99. The molecule has 0 unspecified atom stereocenters. The number of alkyl halides is 2. The average Bonchev–Trinajstić information content (AvgIpc) is 2.91. The third-order valence-corrected chi connectivity index (χ3v) is 5.32. The molecule has 0 aliphatic carbocycles. The number of hydrogen-bond acceptors (Lipinski definition) is 4. The van der Waals surface area contributed by atoms with Gasteiger partial charge in [-0.05, 0) is 52.7 Å². The molecule has 0 bridgehead atoms. The zero-order valence-electron chi connectivity index (χ0n) is 11.0. The van der Waals surface area contributed by atoms with E-state index in [-0.39, 0.29) is 5.01 Å². The van der Waals surface area contributed by atoms with Gasteiger partial charge in [0.05, 0.1) is 15.1 Å². The standard InChI is InChI=1S/C14H10Cl2N2O2S/c1-2-8-3-4-9-5-6-11-12(10(9)7-8)17-13(21-11)14(15,16)18(19)20/h3-7H,2H2,1H3. The smallest absolute Gasteiger partial charge is 0.261 e. The van der Waals surface area contributed by atoms with Crippen LogP contribution in [0.15, 0.2) is 30.3 Å². The summed E-state index contributed by atoms with van der Waals surface area (Å²) in [4.78, 5) is 14.6. The van der Waals surface area contributed by atoms with Crippen molar-refractivity contribution in [3.8, 4) is 0 Å². The number of fused-ring (bicyclic) bond motifs is 3. The van der Waals surface area contributed by atoms with Gasteiger partial charge >= 0.3 is 4.46 Å². The summed E-state index contributed by atoms with van der Waals surface area (Å²) in [6.45, 7) is 2.07. The van der Waals surface area contributed by atoms with Crippen molar-refractivity contribution in [2.45, 2.75) is 17.8 Å². The molecule has 3 rings (SSSR count). The second kappa shape index (κ2) is 5.09. The van der Waals surface area contributed by atoms with Crippen LogP contribution in [0.3, 0.4) is 0 Å². The lowest BCUT2D eigenvalue weighted by atomic mass is 10.0. The SMILES string of the molecule is CCc1ccc2ccc3sc(C(Cl)(Cl)[N+](=O)[O-])nc3c2c1. The summed E-state index contributed by atoms with van der Waals surface area (Å²) in [7, 11) is 0. The van der Waals surface area contributed by atoms with Crippen LogP contribution < -0.4 is 0 Å². The van der Waals surface area contributed by atoms with Crippen LogP contribution in [0.5, 0.6) is 0 Å². The maximum atomic E-state index is 11.0. The van der Waals surface area contributed by atoms with Gasteiger partial charge in [0.2, 0.25) is 5.01 Å². The molecule has 21 heavy (non-hydrogen) atoms. The molecule has 0 aliphatic heterocycles. The third-order valence-electron chi connectivity index (χ3n) is 3.34. The lowest BCUT2D eigenvalue weighted by Crippen LogP contribution is -2.21. The zero-order valence-corrected chi connectivity index (χ0v) is 13.3. The van der Waals surface area contributed by atoms with Gasteiger partial charge in [0.25, 0.3) is 0 Å². The van der Waals surface area contributed by atoms with Crippen LogP contribution in [0.4, 0.5) is 0 Å². The monoisotopic (exact) mass is 340 g/mol. The molecule has 1 heterocycles. The van der Waals surface area contributed by atoms with E-state index in [0.717, 1.165) is 33.2 Å². The van der Waals surface area contributed by atoms with Gasteiger partial charge in [0.15, 0.2) is 0 Å². The predicted molar refractivity (Wildman–Crippen MR) is 86.9 cm³/mol. The number of thiazole rings is 1. The largest absolute Gasteiger partial charge is 0.422 e. The molecular weight excluding hydrogens is 331 g/mol. The number of nitro groups is 1. The predicted octanol–water partition coefficient (Wildman–Crippen LogP) is 4.88. The fraction of sp³-hybridized carbons (Fsp3) is 0.214. The Kier molecular flexibility index (Phi) is 3.51. The van der Waals surface area contributed by atoms with Crippen molar-refractivity contribution in [3.63, 3.8) is 0 Å². The van der Waals surface area contributed by atoms with Crippen LogP contribution >= 0.6 is 34.5 Å². The molecule has 0 spiro atoms. The summed E-state index contributed by atoms with van der Waals surface area (Å²) >= 11 is 12.7. The minimum Gasteiger partial charge on any atom is -0.261 e. The average molecular weight is 341 g/mol. The van der Waals surface area contributed by atoms with Crippen LogP contribution in [0, 0.1) is 10.1 Å². The number of aryl methyl sites for hydroxylation is 1. The van der Waals surface area contributed by atoms with Crippen molar-refractivity contribution in [2.75, 3.05) is 0 Å². The van der Waals surface area contributed by atoms with Crippen LogP contribution in [-0.4, -0.2) is 9.91 Å². The fourth-order valence-corrected chi connectivity index (χ4v) is 3.43. The van der Waals surface area contributed by atoms with Gasteiger partial charge in [-0.3, -0.25) is 10.1 Å². The van der Waals surface area contributed by atoms with Gasteiger partial charge in [0, 0.05) is 5.39 Å². The molecule has 1 aromatic heterocycles. The lowest BCUT2D eigenvalue weighted by molar-refractivity contribution is -0.522. The van der Waals surface area contributed by atoms with E-state index >= 15 is 0 Å². The second-order valence-electron chi connectivity index (χ2n) is 4.64. The molecule has 0 N–H and O–H groups in total. The third kappa shape index (κ3) is 2.35. The van der Waals surface area contributed by atoms with E-state index in [1.165, 1.54) is 5.56 Å². The van der Waals surface area contributed by atoms with Gasteiger partial charge in [-0.25, -0.2) is 4.98 Å². The molecule has 0 saturated heterocycles. The lowest BCUT2D eigenvalue weighted by Gasteiger charge is -2.05. The highest BCUT2D eigenvalue weighted by molar-refractivity contribution is 7.19. The Morgan fingerprint density at radius 2 is 2.05 bits per heavy atom. The van der Waals surface area contributed by atoms with Gasteiger partial charge < -0.3 is 0 Å². The van der Waals surface area contributed by atoms with Crippen molar-refractivity contribution in [1.29, 1.82) is 0 Å². The minimum atomic E-state index is -2.21. The van der Waals surface area contributed by atoms with Gasteiger partial charge in [-0.1, -0.05) is 25.1 Å². The molecule has 0 amide bonds. The molecule has 108 valence electrons. The minimum absolute atomic E-state index is 0.0836. The van der Waals surface area contributed by atoms with E-state index in [9.17, 15) is 10.1 Å². The number of nitrogens with zero attached hydrogens (tertiary/aromatic N) is 2. The van der Waals surface area contributed by atoms with Crippen molar-refractivity contribution in [3.05, 3.63) is 51.0 Å². The molecule has 3 aromatic rings. The molecule has 0 aliphatic rings. The summed E-state index contributed by atoms with van der Waals surface area (Å²) in [5, 5.41) is 13.0. The Labute approximate surface area is 134 Å². The van der Waals surface area contributed by atoms with Crippen LogP contribution in [0.2, 0.25) is 0 Å². The van der Waals surface area contributed by atoms with Gasteiger partial charge in [-0.15, -0.1) is 11.3 Å². The van der Waals surface area contributed by atoms with Crippen molar-refractivity contribution in [1.82, 2.24) is 4.98 Å². The van der Waals surface area contributed by atoms with Crippen LogP contribution in [0.1, 0.15) is 17.5 Å². The second-order valence-corrected chi connectivity index (χ2v) is 6.96. The van der Waals surface area contributed by atoms with Crippen LogP contribution in [-0.2, 0) is 10.9 Å². The van der Waals surface area contributed by atoms with E-state index in [1.54, 1.807) is 0 Å². The molecule has 0 radical (unpaired) electrons. The summed E-state index contributed by atoms with van der Waals surface area (Å²) in [5.41, 5.74) is 1.89. The summed E-state index contributed by atoms with van der Waals surface area (Å²) in [5.74, 6) is 0.